The fraction of sp³-hybridized carbons (Fsp3) is 0.583. The Bertz CT molecular complexity index is 604. The van der Waals surface area contributed by atoms with Crippen LogP contribution in [0.4, 0.5) is 0 Å². The maximum atomic E-state index is 12.1. The second-order valence-electron chi connectivity index (χ2n) is 5.57. The number of hydrogen-bond donors (Lipinski definition) is 1. The van der Waals surface area contributed by atoms with Crippen LogP contribution >= 0.6 is 11.5 Å². The smallest absolute Gasteiger partial charge is 0.261 e. The normalized spacial score (nSPS) is 12.6. The first kappa shape index (κ1) is 12.2. The van der Waals surface area contributed by atoms with Crippen molar-refractivity contribution < 1.29 is 0 Å². The number of fused-ring (bicyclic) bond motifs is 1. The molecule has 2 aromatic heterocycles. The molecule has 0 radical (unpaired) electrons. The standard InChI is InChI=1S/C12H17N3OS/c1-6(2)8-7-9(16)13-11(12(3,4)5)14-10(7)17-15-8/h6H,1-5H3,(H,13,14,16). The molecule has 2 heterocycles. The molecule has 0 atom stereocenters. The zero-order valence-corrected chi connectivity index (χ0v) is 11.6. The molecule has 2 aromatic rings. The highest BCUT2D eigenvalue weighted by Crippen LogP contribution is 2.25. The van der Waals surface area contributed by atoms with Crippen LogP contribution < -0.4 is 5.56 Å². The van der Waals surface area contributed by atoms with Crippen LogP contribution in [0.25, 0.3) is 10.2 Å². The lowest BCUT2D eigenvalue weighted by Gasteiger charge is -2.16. The lowest BCUT2D eigenvalue weighted by molar-refractivity contribution is 0.546. The van der Waals surface area contributed by atoms with Gasteiger partial charge in [0.1, 0.15) is 11.2 Å². The molecule has 5 heteroatoms. The van der Waals surface area contributed by atoms with Gasteiger partial charge in [0, 0.05) is 5.41 Å². The summed E-state index contributed by atoms with van der Waals surface area (Å²) < 4.78 is 4.34. The highest BCUT2D eigenvalue weighted by molar-refractivity contribution is 7.12. The van der Waals surface area contributed by atoms with Gasteiger partial charge in [-0.25, -0.2) is 4.98 Å². The van der Waals surface area contributed by atoms with E-state index < -0.39 is 0 Å². The van der Waals surface area contributed by atoms with E-state index in [1.165, 1.54) is 11.5 Å². The maximum Gasteiger partial charge on any atom is 0.261 e. The SMILES string of the molecule is CC(C)c1nsc2nc(C(C)(C)C)[nH]c(=O)c12. The van der Waals surface area contributed by atoms with Crippen LogP contribution in [0.5, 0.6) is 0 Å². The van der Waals surface area contributed by atoms with Gasteiger partial charge < -0.3 is 4.98 Å². The Morgan fingerprint density at radius 2 is 1.94 bits per heavy atom. The lowest BCUT2D eigenvalue weighted by atomic mass is 9.95. The third-order valence-electron chi connectivity index (χ3n) is 2.63. The van der Waals surface area contributed by atoms with Crippen LogP contribution in [-0.4, -0.2) is 14.3 Å². The Balaban J connectivity index is 2.75. The average Bonchev–Trinajstić information content (AvgIpc) is 2.60. The van der Waals surface area contributed by atoms with Crippen molar-refractivity contribution in [1.29, 1.82) is 0 Å². The Labute approximate surface area is 104 Å². The summed E-state index contributed by atoms with van der Waals surface area (Å²) in [5.74, 6) is 0.959. The molecule has 0 aliphatic rings. The van der Waals surface area contributed by atoms with Gasteiger partial charge in [-0.3, -0.25) is 4.79 Å². The highest BCUT2D eigenvalue weighted by atomic mass is 32.1. The third kappa shape index (κ3) is 2.11. The molecule has 0 aliphatic carbocycles. The molecule has 0 saturated heterocycles. The number of nitrogens with one attached hydrogen (secondary N) is 1. The van der Waals surface area contributed by atoms with Crippen molar-refractivity contribution >= 4 is 21.7 Å². The van der Waals surface area contributed by atoms with E-state index in [0.29, 0.717) is 11.2 Å². The minimum Gasteiger partial charge on any atom is -0.309 e. The molecule has 0 spiro atoms. The monoisotopic (exact) mass is 251 g/mol. The van der Waals surface area contributed by atoms with Crippen LogP contribution in [0.1, 0.15) is 52.1 Å². The van der Waals surface area contributed by atoms with Crippen molar-refractivity contribution in [3.8, 4) is 0 Å². The number of hydrogen-bond acceptors (Lipinski definition) is 4. The number of aromatic nitrogens is 3. The molecule has 0 aromatic carbocycles. The minimum absolute atomic E-state index is 0.0719. The zero-order valence-electron chi connectivity index (χ0n) is 10.8. The Morgan fingerprint density at radius 1 is 1.29 bits per heavy atom. The van der Waals surface area contributed by atoms with Gasteiger partial charge in [-0.2, -0.15) is 4.37 Å². The summed E-state index contributed by atoms with van der Waals surface area (Å²) in [4.78, 5) is 20.2. The van der Waals surface area contributed by atoms with Crippen LogP contribution in [-0.2, 0) is 5.41 Å². The van der Waals surface area contributed by atoms with Gasteiger partial charge in [-0.05, 0) is 17.5 Å². The molecule has 17 heavy (non-hydrogen) atoms. The molecule has 1 N–H and O–H groups in total. The second kappa shape index (κ2) is 3.91. The van der Waals surface area contributed by atoms with Gasteiger partial charge >= 0.3 is 0 Å². The summed E-state index contributed by atoms with van der Waals surface area (Å²) in [5, 5.41) is 0.651. The summed E-state index contributed by atoms with van der Waals surface area (Å²) in [7, 11) is 0. The molecule has 0 amide bonds. The van der Waals surface area contributed by atoms with Crippen molar-refractivity contribution in [3.63, 3.8) is 0 Å². The summed E-state index contributed by atoms with van der Waals surface area (Å²) >= 11 is 1.31. The van der Waals surface area contributed by atoms with Crippen molar-refractivity contribution in [2.75, 3.05) is 0 Å². The van der Waals surface area contributed by atoms with Crippen LogP contribution in [0.3, 0.4) is 0 Å². The quantitative estimate of drug-likeness (QED) is 0.847. The number of H-pyrrole nitrogens is 1. The summed E-state index contributed by atoms with van der Waals surface area (Å²) in [5.41, 5.74) is 0.617. The largest absolute Gasteiger partial charge is 0.309 e. The van der Waals surface area contributed by atoms with E-state index in [0.717, 1.165) is 10.5 Å². The first-order chi connectivity index (χ1) is 7.80. The molecule has 0 aliphatic heterocycles. The minimum atomic E-state index is -0.157. The first-order valence-electron chi connectivity index (χ1n) is 5.71. The van der Waals surface area contributed by atoms with E-state index in [1.807, 2.05) is 34.6 Å². The number of rotatable bonds is 1. The van der Waals surface area contributed by atoms with E-state index in [9.17, 15) is 4.79 Å². The fourth-order valence-electron chi connectivity index (χ4n) is 1.63. The Morgan fingerprint density at radius 3 is 2.47 bits per heavy atom. The molecule has 0 bridgehead atoms. The molecule has 0 fully saturated rings. The predicted molar refractivity (Wildman–Crippen MR) is 70.8 cm³/mol. The Kier molecular flexibility index (Phi) is 2.81. The summed E-state index contributed by atoms with van der Waals surface area (Å²) in [6.45, 7) is 10.2. The predicted octanol–water partition coefficient (Wildman–Crippen LogP) is 2.80. The number of nitrogens with zero attached hydrogens (tertiary/aromatic N) is 2. The van der Waals surface area contributed by atoms with E-state index in [1.54, 1.807) is 0 Å². The van der Waals surface area contributed by atoms with E-state index >= 15 is 0 Å². The molecule has 2 rings (SSSR count). The zero-order chi connectivity index (χ0) is 12.8. The van der Waals surface area contributed by atoms with Gasteiger partial charge in [-0.1, -0.05) is 34.6 Å². The molecule has 0 unspecified atom stereocenters. The summed E-state index contributed by atoms with van der Waals surface area (Å²) in [6.07, 6.45) is 0. The van der Waals surface area contributed by atoms with Crippen LogP contribution in [0.2, 0.25) is 0 Å². The first-order valence-corrected chi connectivity index (χ1v) is 6.48. The third-order valence-corrected chi connectivity index (χ3v) is 3.39. The molecule has 0 saturated carbocycles. The lowest BCUT2D eigenvalue weighted by Crippen LogP contribution is -2.22. The van der Waals surface area contributed by atoms with E-state index in [-0.39, 0.29) is 16.9 Å². The van der Waals surface area contributed by atoms with Crippen LogP contribution in [0, 0.1) is 0 Å². The van der Waals surface area contributed by atoms with Crippen LogP contribution in [0.15, 0.2) is 4.79 Å². The van der Waals surface area contributed by atoms with Gasteiger partial charge in [0.25, 0.3) is 5.56 Å². The van der Waals surface area contributed by atoms with Crippen molar-refractivity contribution in [3.05, 3.63) is 21.9 Å². The van der Waals surface area contributed by atoms with Gasteiger partial charge in [0.05, 0.1) is 5.69 Å². The van der Waals surface area contributed by atoms with Crippen molar-refractivity contribution in [1.82, 2.24) is 14.3 Å². The van der Waals surface area contributed by atoms with Crippen molar-refractivity contribution in [2.24, 2.45) is 0 Å². The maximum absolute atomic E-state index is 12.1. The molecule has 92 valence electrons. The molecule has 4 nitrogen and oxygen atoms in total. The second-order valence-corrected chi connectivity index (χ2v) is 6.32. The van der Waals surface area contributed by atoms with Gasteiger partial charge in [-0.15, -0.1) is 0 Å². The highest BCUT2D eigenvalue weighted by Gasteiger charge is 2.21. The topological polar surface area (TPSA) is 58.6 Å². The molecular formula is C12H17N3OS. The number of aromatic amines is 1. The average molecular weight is 251 g/mol. The van der Waals surface area contributed by atoms with E-state index in [2.05, 4.69) is 14.3 Å². The molecular weight excluding hydrogens is 234 g/mol. The van der Waals surface area contributed by atoms with Gasteiger partial charge in [0.2, 0.25) is 0 Å². The Hall–Kier alpha value is -1.23. The fourth-order valence-corrected chi connectivity index (χ4v) is 2.54. The summed E-state index contributed by atoms with van der Waals surface area (Å²) in [6, 6.07) is 0. The van der Waals surface area contributed by atoms with Gasteiger partial charge in [0.15, 0.2) is 4.83 Å². The van der Waals surface area contributed by atoms with Crippen molar-refractivity contribution in [2.45, 2.75) is 46.0 Å². The van der Waals surface area contributed by atoms with E-state index in [4.69, 9.17) is 0 Å².